The van der Waals surface area contributed by atoms with Gasteiger partial charge in [-0.05, 0) is 25.0 Å². The van der Waals surface area contributed by atoms with Crippen LogP contribution in [0, 0.1) is 5.95 Å². The fourth-order valence-corrected chi connectivity index (χ4v) is 2.32. The maximum Gasteiger partial charge on any atom is 0.258 e. The maximum atomic E-state index is 13.2. The second kappa shape index (κ2) is 7.07. The lowest BCUT2D eigenvalue weighted by Gasteiger charge is -2.16. The van der Waals surface area contributed by atoms with Crippen molar-refractivity contribution in [2.75, 3.05) is 6.61 Å². The highest BCUT2D eigenvalue weighted by Crippen LogP contribution is 2.17. The second-order valence-corrected chi connectivity index (χ2v) is 4.84. The summed E-state index contributed by atoms with van der Waals surface area (Å²) in [7, 11) is 0. The number of hydrogen-bond acceptors (Lipinski definition) is 3. The Morgan fingerprint density at radius 1 is 1.37 bits per heavy atom. The van der Waals surface area contributed by atoms with E-state index in [2.05, 4.69) is 10.3 Å². The first-order valence-electron chi connectivity index (χ1n) is 6.78. The highest BCUT2D eigenvalue weighted by atomic mass is 19.1. The van der Waals surface area contributed by atoms with Gasteiger partial charge in [0, 0.05) is 12.2 Å². The molecule has 0 aliphatic heterocycles. The lowest BCUT2D eigenvalue weighted by atomic mass is 10.1. The second-order valence-electron chi connectivity index (χ2n) is 4.84. The summed E-state index contributed by atoms with van der Waals surface area (Å²) in [5.41, 5.74) is 0. The van der Waals surface area contributed by atoms with Crippen LogP contribution in [0.3, 0.4) is 0 Å². The molecule has 19 heavy (non-hydrogen) atoms. The van der Waals surface area contributed by atoms with Gasteiger partial charge in [0.2, 0.25) is 0 Å². The fourth-order valence-electron chi connectivity index (χ4n) is 2.32. The van der Waals surface area contributed by atoms with Crippen molar-refractivity contribution < 1.29 is 13.9 Å². The third-order valence-corrected chi connectivity index (χ3v) is 3.30. The van der Waals surface area contributed by atoms with Gasteiger partial charge < -0.3 is 10.1 Å². The zero-order valence-electron chi connectivity index (χ0n) is 10.9. The Hall–Kier alpha value is -1.65. The molecule has 2 rings (SSSR count). The molecule has 0 unspecified atom stereocenters. The number of halogens is 1. The van der Waals surface area contributed by atoms with Gasteiger partial charge in [-0.3, -0.25) is 4.79 Å². The van der Waals surface area contributed by atoms with Crippen molar-refractivity contribution in [3.63, 3.8) is 0 Å². The average Bonchev–Trinajstić information content (AvgIpc) is 2.66. The molecular formula is C14H19FN2O2. The maximum absolute atomic E-state index is 13.2. The van der Waals surface area contributed by atoms with Gasteiger partial charge in [-0.1, -0.05) is 25.7 Å². The Kier molecular flexibility index (Phi) is 5.12. The van der Waals surface area contributed by atoms with E-state index in [0.717, 1.165) is 25.7 Å². The zero-order chi connectivity index (χ0) is 13.5. The van der Waals surface area contributed by atoms with Crippen molar-refractivity contribution in [3.8, 4) is 5.75 Å². The van der Waals surface area contributed by atoms with Crippen LogP contribution in [0.15, 0.2) is 18.3 Å². The van der Waals surface area contributed by atoms with E-state index >= 15 is 0 Å². The minimum Gasteiger partial charge on any atom is -0.479 e. The van der Waals surface area contributed by atoms with Crippen molar-refractivity contribution in [2.24, 2.45) is 0 Å². The molecule has 1 aromatic heterocycles. The number of hydrogen-bond donors (Lipinski definition) is 1. The number of nitrogens with zero attached hydrogens (tertiary/aromatic N) is 1. The van der Waals surface area contributed by atoms with Crippen LogP contribution < -0.4 is 10.1 Å². The SMILES string of the molecule is O=C(COc1cccnc1F)NC1CCCCCC1. The van der Waals surface area contributed by atoms with E-state index in [-0.39, 0.29) is 24.3 Å². The van der Waals surface area contributed by atoms with Gasteiger partial charge in [0.1, 0.15) is 0 Å². The van der Waals surface area contributed by atoms with Crippen LogP contribution in [0.1, 0.15) is 38.5 Å². The van der Waals surface area contributed by atoms with Crippen LogP contribution >= 0.6 is 0 Å². The van der Waals surface area contributed by atoms with Crippen molar-refractivity contribution >= 4 is 5.91 Å². The molecule has 0 saturated heterocycles. The molecule has 1 aliphatic carbocycles. The van der Waals surface area contributed by atoms with Gasteiger partial charge in [-0.15, -0.1) is 0 Å². The van der Waals surface area contributed by atoms with Crippen molar-refractivity contribution in [1.29, 1.82) is 0 Å². The monoisotopic (exact) mass is 266 g/mol. The Bertz CT molecular complexity index is 418. The number of carbonyl (C=O) groups excluding carboxylic acids is 1. The number of ether oxygens (including phenoxy) is 1. The van der Waals surface area contributed by atoms with Crippen LogP contribution in [0.4, 0.5) is 4.39 Å². The minimum atomic E-state index is -0.690. The number of amides is 1. The van der Waals surface area contributed by atoms with Crippen molar-refractivity contribution in [3.05, 3.63) is 24.3 Å². The standard InChI is InChI=1S/C14H19FN2O2/c15-14-12(8-5-9-16-14)19-10-13(18)17-11-6-3-1-2-4-7-11/h5,8-9,11H,1-4,6-7,10H2,(H,17,18). The predicted molar refractivity (Wildman–Crippen MR) is 69.3 cm³/mol. The smallest absolute Gasteiger partial charge is 0.258 e. The first-order chi connectivity index (χ1) is 9.25. The Morgan fingerprint density at radius 3 is 2.79 bits per heavy atom. The first kappa shape index (κ1) is 13.8. The lowest BCUT2D eigenvalue weighted by molar-refractivity contribution is -0.123. The minimum absolute atomic E-state index is 0.0125. The lowest BCUT2D eigenvalue weighted by Crippen LogP contribution is -2.37. The molecule has 0 radical (unpaired) electrons. The molecule has 1 N–H and O–H groups in total. The zero-order valence-corrected chi connectivity index (χ0v) is 10.9. The first-order valence-corrected chi connectivity index (χ1v) is 6.78. The average molecular weight is 266 g/mol. The topological polar surface area (TPSA) is 51.2 Å². The number of aromatic nitrogens is 1. The summed E-state index contributed by atoms with van der Waals surface area (Å²) in [5.74, 6) is -0.876. The molecule has 0 atom stereocenters. The molecule has 0 spiro atoms. The Balaban J connectivity index is 1.76. The van der Waals surface area contributed by atoms with E-state index < -0.39 is 5.95 Å². The molecular weight excluding hydrogens is 247 g/mol. The van der Waals surface area contributed by atoms with Crippen molar-refractivity contribution in [2.45, 2.75) is 44.6 Å². The third kappa shape index (κ3) is 4.50. The molecule has 1 amide bonds. The molecule has 1 aliphatic rings. The molecule has 0 aromatic carbocycles. The van der Waals surface area contributed by atoms with Gasteiger partial charge in [0.05, 0.1) is 0 Å². The Labute approximate surface area is 112 Å². The molecule has 5 heteroatoms. The van der Waals surface area contributed by atoms with Gasteiger partial charge in [0.15, 0.2) is 12.4 Å². The number of pyridine rings is 1. The van der Waals surface area contributed by atoms with Crippen LogP contribution in [-0.2, 0) is 4.79 Å². The molecule has 4 nitrogen and oxygen atoms in total. The van der Waals surface area contributed by atoms with Gasteiger partial charge in [0.25, 0.3) is 11.9 Å². The molecule has 1 saturated carbocycles. The van der Waals surface area contributed by atoms with Crippen LogP contribution in [0.5, 0.6) is 5.75 Å². The van der Waals surface area contributed by atoms with Crippen LogP contribution in [0.25, 0.3) is 0 Å². The normalized spacial score (nSPS) is 16.7. The molecule has 104 valence electrons. The highest BCUT2D eigenvalue weighted by Gasteiger charge is 2.15. The molecule has 1 heterocycles. The summed E-state index contributed by atoms with van der Waals surface area (Å²) < 4.78 is 18.3. The predicted octanol–water partition coefficient (Wildman–Crippen LogP) is 2.44. The number of carbonyl (C=O) groups is 1. The van der Waals surface area contributed by atoms with Crippen molar-refractivity contribution in [1.82, 2.24) is 10.3 Å². The largest absolute Gasteiger partial charge is 0.479 e. The van der Waals surface area contributed by atoms with Gasteiger partial charge in [-0.25, -0.2) is 4.98 Å². The molecule has 1 aromatic rings. The fraction of sp³-hybridized carbons (Fsp3) is 0.571. The quantitative estimate of drug-likeness (QED) is 0.672. The van der Waals surface area contributed by atoms with Gasteiger partial charge in [-0.2, -0.15) is 4.39 Å². The van der Waals surface area contributed by atoms with Gasteiger partial charge >= 0.3 is 0 Å². The summed E-state index contributed by atoms with van der Waals surface area (Å²) in [6.07, 6.45) is 8.17. The summed E-state index contributed by atoms with van der Waals surface area (Å²) in [6, 6.07) is 3.26. The molecule has 0 bridgehead atoms. The van der Waals surface area contributed by atoms with E-state index in [1.165, 1.54) is 25.1 Å². The number of rotatable bonds is 4. The summed E-state index contributed by atoms with van der Waals surface area (Å²) in [4.78, 5) is 15.2. The number of nitrogens with one attached hydrogen (secondary N) is 1. The summed E-state index contributed by atoms with van der Waals surface area (Å²) >= 11 is 0. The van der Waals surface area contributed by atoms with Crippen LogP contribution in [-0.4, -0.2) is 23.5 Å². The van der Waals surface area contributed by atoms with E-state index in [1.54, 1.807) is 6.07 Å². The van der Waals surface area contributed by atoms with E-state index in [0.29, 0.717) is 0 Å². The van der Waals surface area contributed by atoms with E-state index in [1.807, 2.05) is 0 Å². The summed E-state index contributed by atoms with van der Waals surface area (Å²) in [5, 5.41) is 2.94. The van der Waals surface area contributed by atoms with Crippen LogP contribution in [0.2, 0.25) is 0 Å². The highest BCUT2D eigenvalue weighted by molar-refractivity contribution is 5.77. The third-order valence-electron chi connectivity index (χ3n) is 3.30. The Morgan fingerprint density at radius 2 is 2.11 bits per heavy atom. The van der Waals surface area contributed by atoms with E-state index in [9.17, 15) is 9.18 Å². The molecule has 1 fully saturated rings. The van der Waals surface area contributed by atoms with E-state index in [4.69, 9.17) is 4.74 Å². The summed E-state index contributed by atoms with van der Waals surface area (Å²) in [6.45, 7) is -0.168.